The zero-order valence-corrected chi connectivity index (χ0v) is 11.7. The van der Waals surface area contributed by atoms with Crippen molar-refractivity contribution in [3.63, 3.8) is 0 Å². The van der Waals surface area contributed by atoms with E-state index in [9.17, 15) is 0 Å². The molecule has 20 heavy (non-hydrogen) atoms. The van der Waals surface area contributed by atoms with Gasteiger partial charge in [-0.2, -0.15) is 0 Å². The van der Waals surface area contributed by atoms with Crippen molar-refractivity contribution in [2.45, 2.75) is 10.2 Å². The van der Waals surface area contributed by atoms with Crippen LogP contribution < -0.4 is 5.73 Å². The second-order valence-corrected chi connectivity index (χ2v) is 5.98. The van der Waals surface area contributed by atoms with Crippen molar-refractivity contribution in [2.75, 3.05) is 5.73 Å². The SMILES string of the molecule is Nc1ccc2oc(Sc3ncnc4ccsc34)nc2c1. The number of hydrogen-bond acceptors (Lipinski definition) is 7. The Morgan fingerprint density at radius 2 is 2.10 bits per heavy atom. The molecule has 4 rings (SSSR count). The van der Waals surface area contributed by atoms with E-state index in [-0.39, 0.29) is 0 Å². The Morgan fingerprint density at radius 1 is 1.15 bits per heavy atom. The Morgan fingerprint density at radius 3 is 3.05 bits per heavy atom. The van der Waals surface area contributed by atoms with Crippen LogP contribution in [-0.4, -0.2) is 15.0 Å². The Labute approximate surface area is 121 Å². The molecule has 0 spiro atoms. The highest BCUT2D eigenvalue weighted by atomic mass is 32.2. The third-order valence-corrected chi connectivity index (χ3v) is 4.68. The zero-order chi connectivity index (χ0) is 13.5. The number of anilines is 1. The molecule has 0 atom stereocenters. The van der Waals surface area contributed by atoms with E-state index in [1.54, 1.807) is 29.8 Å². The quantitative estimate of drug-likeness (QED) is 0.450. The van der Waals surface area contributed by atoms with Crippen LogP contribution in [0.15, 0.2) is 50.6 Å². The molecule has 1 aromatic carbocycles. The number of benzene rings is 1. The van der Waals surface area contributed by atoms with E-state index in [1.807, 2.05) is 17.5 Å². The monoisotopic (exact) mass is 300 g/mol. The number of nitrogens with two attached hydrogens (primary N) is 1. The van der Waals surface area contributed by atoms with Crippen molar-refractivity contribution in [3.05, 3.63) is 36.0 Å². The molecule has 0 fully saturated rings. The van der Waals surface area contributed by atoms with E-state index in [2.05, 4.69) is 15.0 Å². The number of nitrogens with zero attached hydrogens (tertiary/aromatic N) is 3. The first-order valence-electron chi connectivity index (χ1n) is 5.82. The number of hydrogen-bond donors (Lipinski definition) is 1. The maximum Gasteiger partial charge on any atom is 0.263 e. The minimum absolute atomic E-state index is 0.555. The summed E-state index contributed by atoms with van der Waals surface area (Å²) in [5, 5.41) is 3.40. The van der Waals surface area contributed by atoms with Gasteiger partial charge in [-0.25, -0.2) is 15.0 Å². The smallest absolute Gasteiger partial charge is 0.263 e. The molecular weight excluding hydrogens is 292 g/mol. The van der Waals surface area contributed by atoms with Gasteiger partial charge in [0, 0.05) is 5.69 Å². The number of thiophene rings is 1. The molecule has 3 heterocycles. The second kappa shape index (κ2) is 4.46. The van der Waals surface area contributed by atoms with Crippen LogP contribution in [0.5, 0.6) is 0 Å². The van der Waals surface area contributed by atoms with Gasteiger partial charge < -0.3 is 10.2 Å². The van der Waals surface area contributed by atoms with Gasteiger partial charge in [0.15, 0.2) is 5.58 Å². The molecule has 3 aromatic heterocycles. The van der Waals surface area contributed by atoms with Crippen molar-refractivity contribution < 1.29 is 4.42 Å². The molecule has 2 N–H and O–H groups in total. The zero-order valence-electron chi connectivity index (χ0n) is 10.1. The lowest BCUT2D eigenvalue weighted by Gasteiger charge is -1.96. The fourth-order valence-corrected chi connectivity index (χ4v) is 3.62. The Kier molecular flexibility index (Phi) is 2.61. The molecule has 0 aliphatic heterocycles. The average Bonchev–Trinajstić information content (AvgIpc) is 3.04. The molecule has 0 radical (unpaired) electrons. The fraction of sp³-hybridized carbons (Fsp3) is 0. The topological polar surface area (TPSA) is 77.8 Å². The molecule has 98 valence electrons. The predicted octanol–water partition coefficient (Wildman–Crippen LogP) is 3.57. The van der Waals surface area contributed by atoms with Gasteiger partial charge >= 0.3 is 0 Å². The lowest BCUT2D eigenvalue weighted by molar-refractivity contribution is 0.489. The lowest BCUT2D eigenvalue weighted by Crippen LogP contribution is -1.83. The van der Waals surface area contributed by atoms with Crippen molar-refractivity contribution in [1.29, 1.82) is 0 Å². The summed E-state index contributed by atoms with van der Waals surface area (Å²) in [5.41, 5.74) is 8.82. The molecule has 4 aromatic rings. The van der Waals surface area contributed by atoms with Crippen molar-refractivity contribution >= 4 is 50.1 Å². The van der Waals surface area contributed by atoms with Gasteiger partial charge in [0.25, 0.3) is 5.22 Å². The summed E-state index contributed by atoms with van der Waals surface area (Å²) in [5.74, 6) is 0. The summed E-state index contributed by atoms with van der Waals surface area (Å²) in [7, 11) is 0. The van der Waals surface area contributed by atoms with Gasteiger partial charge in [-0.1, -0.05) is 0 Å². The molecule has 0 amide bonds. The molecule has 0 saturated carbocycles. The minimum atomic E-state index is 0.555. The van der Waals surface area contributed by atoms with Gasteiger partial charge in [0.1, 0.15) is 16.9 Å². The van der Waals surface area contributed by atoms with E-state index < -0.39 is 0 Å². The molecule has 0 aliphatic carbocycles. The predicted molar refractivity (Wildman–Crippen MR) is 80.0 cm³/mol. The van der Waals surface area contributed by atoms with Gasteiger partial charge in [0.2, 0.25) is 0 Å². The first-order valence-corrected chi connectivity index (χ1v) is 7.51. The Hall–Kier alpha value is -2.12. The molecule has 0 saturated heterocycles. The molecule has 0 unspecified atom stereocenters. The van der Waals surface area contributed by atoms with Crippen LogP contribution in [0.1, 0.15) is 0 Å². The number of rotatable bonds is 2. The average molecular weight is 300 g/mol. The molecule has 0 aliphatic rings. The van der Waals surface area contributed by atoms with Gasteiger partial charge in [0.05, 0.1) is 10.2 Å². The summed E-state index contributed by atoms with van der Waals surface area (Å²) >= 11 is 3.00. The van der Waals surface area contributed by atoms with E-state index in [0.29, 0.717) is 10.9 Å². The number of oxazole rings is 1. The normalized spacial score (nSPS) is 11.4. The van der Waals surface area contributed by atoms with Crippen molar-refractivity contribution in [1.82, 2.24) is 15.0 Å². The minimum Gasteiger partial charge on any atom is -0.431 e. The van der Waals surface area contributed by atoms with Crippen molar-refractivity contribution in [3.8, 4) is 0 Å². The summed E-state index contributed by atoms with van der Waals surface area (Å²) in [6.07, 6.45) is 1.55. The summed E-state index contributed by atoms with van der Waals surface area (Å²) < 4.78 is 6.73. The van der Waals surface area contributed by atoms with Crippen LogP contribution in [0, 0.1) is 0 Å². The van der Waals surface area contributed by atoms with E-state index in [4.69, 9.17) is 10.2 Å². The van der Waals surface area contributed by atoms with Crippen LogP contribution in [0.4, 0.5) is 5.69 Å². The number of fused-ring (bicyclic) bond motifs is 2. The maximum absolute atomic E-state index is 5.74. The molecule has 0 bridgehead atoms. The van der Waals surface area contributed by atoms with E-state index in [0.717, 1.165) is 26.3 Å². The van der Waals surface area contributed by atoms with E-state index in [1.165, 1.54) is 11.8 Å². The molecule has 7 heteroatoms. The van der Waals surface area contributed by atoms with Crippen LogP contribution in [0.25, 0.3) is 21.3 Å². The highest BCUT2D eigenvalue weighted by Gasteiger charge is 2.12. The number of aromatic nitrogens is 3. The summed E-state index contributed by atoms with van der Waals surface area (Å²) in [6, 6.07) is 7.38. The van der Waals surface area contributed by atoms with Gasteiger partial charge in [-0.15, -0.1) is 11.3 Å². The standard InChI is InChI=1S/C13H8N4OS2/c14-7-1-2-10-9(5-7)17-13(18-10)20-12-11-8(3-4-19-11)15-6-16-12/h1-6H,14H2. The Bertz CT molecular complexity index is 915. The van der Waals surface area contributed by atoms with Crippen LogP contribution in [-0.2, 0) is 0 Å². The van der Waals surface area contributed by atoms with E-state index >= 15 is 0 Å². The highest BCUT2D eigenvalue weighted by Crippen LogP contribution is 2.34. The van der Waals surface area contributed by atoms with Gasteiger partial charge in [-0.3, -0.25) is 0 Å². The van der Waals surface area contributed by atoms with Gasteiger partial charge in [-0.05, 0) is 41.4 Å². The largest absolute Gasteiger partial charge is 0.431 e. The molecule has 5 nitrogen and oxygen atoms in total. The summed E-state index contributed by atoms with van der Waals surface area (Å²) in [6.45, 7) is 0. The first-order chi connectivity index (χ1) is 9.79. The second-order valence-electron chi connectivity index (χ2n) is 4.12. The van der Waals surface area contributed by atoms with Crippen molar-refractivity contribution in [2.24, 2.45) is 0 Å². The third-order valence-electron chi connectivity index (χ3n) is 2.79. The fourth-order valence-electron chi connectivity index (χ4n) is 1.89. The van der Waals surface area contributed by atoms with Crippen LogP contribution >= 0.6 is 23.1 Å². The highest BCUT2D eigenvalue weighted by molar-refractivity contribution is 7.99. The van der Waals surface area contributed by atoms with Crippen LogP contribution in [0.3, 0.4) is 0 Å². The Balaban J connectivity index is 1.78. The first kappa shape index (κ1) is 11.7. The lowest BCUT2D eigenvalue weighted by atomic mass is 10.3. The summed E-state index contributed by atoms with van der Waals surface area (Å²) in [4.78, 5) is 12.9. The molecular formula is C13H8N4OS2. The third kappa shape index (κ3) is 1.91. The maximum atomic E-state index is 5.74. The van der Waals surface area contributed by atoms with Crippen LogP contribution in [0.2, 0.25) is 0 Å². The number of nitrogen functional groups attached to an aromatic ring is 1.